The van der Waals surface area contributed by atoms with Gasteiger partial charge in [-0.25, -0.2) is 0 Å². The number of nitrogens with one attached hydrogen (secondary N) is 1. The first-order chi connectivity index (χ1) is 9.99. The van der Waals surface area contributed by atoms with Crippen LogP contribution in [0.15, 0.2) is 24.5 Å². The molecule has 0 unspecified atom stereocenters. The number of nitrogens with zero attached hydrogens (tertiary/aromatic N) is 3. The minimum Gasteiger partial charge on any atom is -0.307 e. The number of aryl methyl sites for hydroxylation is 2. The fourth-order valence-corrected chi connectivity index (χ4v) is 2.15. The molecule has 0 saturated heterocycles. The number of rotatable bonds is 5. The average Bonchev–Trinajstić information content (AvgIpc) is 2.43. The fourth-order valence-electron chi connectivity index (χ4n) is 2.15. The lowest BCUT2D eigenvalue weighted by molar-refractivity contribution is -0.386. The van der Waals surface area contributed by atoms with Gasteiger partial charge >= 0.3 is 0 Å². The summed E-state index contributed by atoms with van der Waals surface area (Å²) < 4.78 is 0. The van der Waals surface area contributed by atoms with Crippen molar-refractivity contribution in [3.63, 3.8) is 0 Å². The molecule has 0 aliphatic rings. The van der Waals surface area contributed by atoms with Crippen molar-refractivity contribution < 1.29 is 4.92 Å². The van der Waals surface area contributed by atoms with Crippen LogP contribution in [0.1, 0.15) is 28.1 Å². The van der Waals surface area contributed by atoms with Crippen LogP contribution in [0.4, 0.5) is 5.69 Å². The van der Waals surface area contributed by atoms with E-state index in [9.17, 15) is 10.1 Å². The molecule has 0 aromatic carbocycles. The van der Waals surface area contributed by atoms with Gasteiger partial charge in [-0.2, -0.15) is 0 Å². The predicted molar refractivity (Wildman–Crippen MR) is 79.9 cm³/mol. The van der Waals surface area contributed by atoms with Crippen molar-refractivity contribution in [3.8, 4) is 0 Å². The molecular weight excluding hydrogens is 268 g/mol. The van der Waals surface area contributed by atoms with E-state index in [2.05, 4.69) is 15.3 Å². The third kappa shape index (κ3) is 3.61. The maximum Gasteiger partial charge on any atom is 0.278 e. The molecule has 0 fully saturated rings. The van der Waals surface area contributed by atoms with Gasteiger partial charge in [0, 0.05) is 42.3 Å². The summed E-state index contributed by atoms with van der Waals surface area (Å²) in [5.41, 5.74) is 4.11. The lowest BCUT2D eigenvalue weighted by Crippen LogP contribution is -2.15. The smallest absolute Gasteiger partial charge is 0.278 e. The van der Waals surface area contributed by atoms with E-state index < -0.39 is 0 Å². The van der Waals surface area contributed by atoms with E-state index in [1.165, 1.54) is 0 Å². The quantitative estimate of drug-likeness (QED) is 0.675. The molecule has 21 heavy (non-hydrogen) atoms. The predicted octanol–water partition coefficient (Wildman–Crippen LogP) is 2.60. The van der Waals surface area contributed by atoms with Gasteiger partial charge in [-0.05, 0) is 32.4 Å². The molecule has 0 spiro atoms. The first kappa shape index (κ1) is 15.1. The normalized spacial score (nSPS) is 10.6. The van der Waals surface area contributed by atoms with Crippen molar-refractivity contribution in [2.45, 2.75) is 33.9 Å². The third-order valence-corrected chi connectivity index (χ3v) is 3.35. The van der Waals surface area contributed by atoms with Gasteiger partial charge < -0.3 is 5.32 Å². The summed E-state index contributed by atoms with van der Waals surface area (Å²) in [6, 6.07) is 3.96. The fraction of sp³-hybridized carbons (Fsp3) is 0.333. The monoisotopic (exact) mass is 286 g/mol. The Kier molecular flexibility index (Phi) is 4.59. The number of hydrogen-bond donors (Lipinski definition) is 1. The van der Waals surface area contributed by atoms with Gasteiger partial charge in [-0.1, -0.05) is 6.07 Å². The number of nitro groups is 1. The largest absolute Gasteiger partial charge is 0.307 e. The van der Waals surface area contributed by atoms with E-state index in [-0.39, 0.29) is 10.6 Å². The molecule has 2 rings (SSSR count). The van der Waals surface area contributed by atoms with Crippen molar-refractivity contribution in [1.29, 1.82) is 0 Å². The van der Waals surface area contributed by atoms with Crippen LogP contribution in [0.2, 0.25) is 0 Å². The highest BCUT2D eigenvalue weighted by molar-refractivity contribution is 5.47. The van der Waals surface area contributed by atoms with E-state index in [1.807, 2.05) is 25.3 Å². The molecule has 6 nitrogen and oxygen atoms in total. The van der Waals surface area contributed by atoms with Gasteiger partial charge in [0.05, 0.1) is 10.6 Å². The highest BCUT2D eigenvalue weighted by Gasteiger charge is 2.18. The molecule has 0 bridgehead atoms. The van der Waals surface area contributed by atoms with Crippen LogP contribution >= 0.6 is 0 Å². The molecule has 110 valence electrons. The summed E-state index contributed by atoms with van der Waals surface area (Å²) in [6.45, 7) is 6.52. The van der Waals surface area contributed by atoms with Crippen molar-refractivity contribution in [2.75, 3.05) is 0 Å². The van der Waals surface area contributed by atoms with E-state index in [1.54, 1.807) is 20.0 Å². The van der Waals surface area contributed by atoms with Crippen LogP contribution in [-0.4, -0.2) is 14.9 Å². The summed E-state index contributed by atoms with van der Waals surface area (Å²) >= 11 is 0. The Balaban J connectivity index is 2.05. The Bertz CT molecular complexity index is 653. The molecule has 0 radical (unpaired) electrons. The molecule has 2 heterocycles. The van der Waals surface area contributed by atoms with Crippen LogP contribution in [0.5, 0.6) is 0 Å². The molecule has 1 N–H and O–H groups in total. The van der Waals surface area contributed by atoms with Crippen molar-refractivity contribution in [2.24, 2.45) is 0 Å². The molecular formula is C15H18N4O2. The second kappa shape index (κ2) is 6.41. The summed E-state index contributed by atoms with van der Waals surface area (Å²) in [7, 11) is 0. The zero-order chi connectivity index (χ0) is 15.4. The number of hydrogen-bond acceptors (Lipinski definition) is 5. The average molecular weight is 286 g/mol. The van der Waals surface area contributed by atoms with Gasteiger partial charge in [0.15, 0.2) is 0 Å². The Morgan fingerprint density at radius 2 is 1.90 bits per heavy atom. The first-order valence-corrected chi connectivity index (χ1v) is 6.70. The van der Waals surface area contributed by atoms with Crippen molar-refractivity contribution >= 4 is 5.69 Å². The number of aromatic nitrogens is 2. The van der Waals surface area contributed by atoms with Crippen molar-refractivity contribution in [3.05, 3.63) is 62.7 Å². The number of pyridine rings is 2. The van der Waals surface area contributed by atoms with Crippen LogP contribution in [0.3, 0.4) is 0 Å². The third-order valence-electron chi connectivity index (χ3n) is 3.35. The SMILES string of the molecule is Cc1ccc(CNCc2ncc(C)c([N+](=O)[O-])c2C)cn1. The van der Waals surface area contributed by atoms with E-state index in [0.29, 0.717) is 29.9 Å². The van der Waals surface area contributed by atoms with Crippen LogP contribution in [0, 0.1) is 30.9 Å². The standard InChI is InChI=1S/C15H18N4O2/c1-10-6-18-14(12(3)15(10)19(20)21)9-16-7-13-5-4-11(2)17-8-13/h4-6,8,16H,7,9H2,1-3H3. The molecule has 0 amide bonds. The molecule has 2 aromatic rings. The highest BCUT2D eigenvalue weighted by Crippen LogP contribution is 2.23. The van der Waals surface area contributed by atoms with E-state index in [0.717, 1.165) is 11.3 Å². The summed E-state index contributed by atoms with van der Waals surface area (Å²) in [5, 5.41) is 14.3. The molecule has 6 heteroatoms. The van der Waals surface area contributed by atoms with Gasteiger partial charge in [-0.3, -0.25) is 20.1 Å². The van der Waals surface area contributed by atoms with E-state index >= 15 is 0 Å². The highest BCUT2D eigenvalue weighted by atomic mass is 16.6. The topological polar surface area (TPSA) is 81.0 Å². The Morgan fingerprint density at radius 1 is 1.14 bits per heavy atom. The zero-order valence-electron chi connectivity index (χ0n) is 12.4. The lowest BCUT2D eigenvalue weighted by atomic mass is 10.1. The lowest BCUT2D eigenvalue weighted by Gasteiger charge is -2.09. The molecule has 0 aliphatic heterocycles. The van der Waals surface area contributed by atoms with Gasteiger partial charge in [0.2, 0.25) is 0 Å². The van der Waals surface area contributed by atoms with Crippen LogP contribution in [0.25, 0.3) is 0 Å². The van der Waals surface area contributed by atoms with E-state index in [4.69, 9.17) is 0 Å². The maximum atomic E-state index is 11.1. The molecule has 0 aliphatic carbocycles. The second-order valence-corrected chi connectivity index (χ2v) is 5.03. The first-order valence-electron chi connectivity index (χ1n) is 6.70. The molecule has 2 aromatic heterocycles. The van der Waals surface area contributed by atoms with Crippen LogP contribution in [-0.2, 0) is 13.1 Å². The molecule has 0 saturated carbocycles. The second-order valence-electron chi connectivity index (χ2n) is 5.03. The zero-order valence-corrected chi connectivity index (χ0v) is 12.4. The van der Waals surface area contributed by atoms with Gasteiger partial charge in [-0.15, -0.1) is 0 Å². The minimum absolute atomic E-state index is 0.152. The summed E-state index contributed by atoms with van der Waals surface area (Å²) in [4.78, 5) is 19.2. The van der Waals surface area contributed by atoms with Crippen LogP contribution < -0.4 is 5.32 Å². The van der Waals surface area contributed by atoms with Crippen molar-refractivity contribution in [1.82, 2.24) is 15.3 Å². The Morgan fingerprint density at radius 3 is 2.52 bits per heavy atom. The Labute approximate surface area is 123 Å². The van der Waals surface area contributed by atoms with Gasteiger partial charge in [0.25, 0.3) is 5.69 Å². The maximum absolute atomic E-state index is 11.1. The molecule has 0 atom stereocenters. The minimum atomic E-state index is -0.347. The summed E-state index contributed by atoms with van der Waals surface area (Å²) in [6.07, 6.45) is 3.37. The Hall–Kier alpha value is -2.34. The summed E-state index contributed by atoms with van der Waals surface area (Å²) in [5.74, 6) is 0. The van der Waals surface area contributed by atoms with Gasteiger partial charge in [0.1, 0.15) is 0 Å².